The molecule has 0 spiro atoms. The number of carbonyl (C=O) groups is 2. The second-order valence-corrected chi connectivity index (χ2v) is 6.31. The van der Waals surface area contributed by atoms with Crippen molar-refractivity contribution in [3.05, 3.63) is 80.5 Å². The minimum absolute atomic E-state index is 0.0920. The highest BCUT2D eigenvalue weighted by atomic mass is 35.5. The molecule has 0 saturated heterocycles. The number of nitro groups is 1. The molecule has 3 aromatic rings. The summed E-state index contributed by atoms with van der Waals surface area (Å²) >= 11 is 6.15. The first-order valence-electron chi connectivity index (χ1n) is 8.57. The topological polar surface area (TPSA) is 109 Å². The normalized spacial score (nSPS) is 10.6. The molecule has 0 fully saturated rings. The fourth-order valence-electron chi connectivity index (χ4n) is 2.63. The molecule has 148 valence electrons. The van der Waals surface area contributed by atoms with Crippen LogP contribution in [-0.2, 0) is 16.1 Å². The van der Waals surface area contributed by atoms with Gasteiger partial charge in [-0.05, 0) is 25.1 Å². The third-order valence-corrected chi connectivity index (χ3v) is 4.31. The number of nitrogens with zero attached hydrogens (tertiary/aromatic N) is 2. The molecular formula is C20H15ClN2O6. The SMILES string of the molecule is CCOC(=O)c1cc(C(=O)OCc2cc3ccccc3nc2Cl)cc([N+](=O)[O-])c1. The Morgan fingerprint density at radius 1 is 1.07 bits per heavy atom. The quantitative estimate of drug-likeness (QED) is 0.255. The maximum absolute atomic E-state index is 12.4. The van der Waals surface area contributed by atoms with Gasteiger partial charge in [-0.2, -0.15) is 0 Å². The average molecular weight is 415 g/mol. The number of nitro benzene ring substituents is 1. The Morgan fingerprint density at radius 2 is 1.72 bits per heavy atom. The van der Waals surface area contributed by atoms with Crippen LogP contribution in [0.2, 0.25) is 5.15 Å². The van der Waals surface area contributed by atoms with Gasteiger partial charge in [0, 0.05) is 23.1 Å². The number of pyridine rings is 1. The third kappa shape index (κ3) is 4.67. The van der Waals surface area contributed by atoms with Crippen molar-refractivity contribution in [1.29, 1.82) is 0 Å². The maximum Gasteiger partial charge on any atom is 0.338 e. The largest absolute Gasteiger partial charge is 0.462 e. The number of ether oxygens (including phenoxy) is 2. The molecule has 9 heteroatoms. The molecule has 3 rings (SSSR count). The summed E-state index contributed by atoms with van der Waals surface area (Å²) in [6, 6.07) is 12.3. The summed E-state index contributed by atoms with van der Waals surface area (Å²) in [4.78, 5) is 39.0. The van der Waals surface area contributed by atoms with E-state index in [-0.39, 0.29) is 29.5 Å². The third-order valence-electron chi connectivity index (χ3n) is 3.98. The number of aromatic nitrogens is 1. The highest BCUT2D eigenvalue weighted by molar-refractivity contribution is 6.30. The van der Waals surface area contributed by atoms with Crippen molar-refractivity contribution in [3.63, 3.8) is 0 Å². The van der Waals surface area contributed by atoms with E-state index in [1.807, 2.05) is 18.2 Å². The van der Waals surface area contributed by atoms with E-state index in [9.17, 15) is 19.7 Å². The number of hydrogen-bond acceptors (Lipinski definition) is 7. The zero-order valence-electron chi connectivity index (χ0n) is 15.3. The molecule has 0 radical (unpaired) electrons. The zero-order chi connectivity index (χ0) is 21.0. The van der Waals surface area contributed by atoms with E-state index in [0.29, 0.717) is 11.1 Å². The molecular weight excluding hydrogens is 400 g/mol. The summed E-state index contributed by atoms with van der Waals surface area (Å²) in [5.41, 5.74) is 0.499. The molecule has 8 nitrogen and oxygen atoms in total. The van der Waals surface area contributed by atoms with Gasteiger partial charge in [-0.15, -0.1) is 0 Å². The van der Waals surface area contributed by atoms with Crippen LogP contribution in [0.3, 0.4) is 0 Å². The monoisotopic (exact) mass is 414 g/mol. The molecule has 0 saturated carbocycles. The molecule has 0 atom stereocenters. The van der Waals surface area contributed by atoms with E-state index in [0.717, 1.165) is 17.5 Å². The van der Waals surface area contributed by atoms with Gasteiger partial charge in [-0.3, -0.25) is 10.1 Å². The van der Waals surface area contributed by atoms with Crippen molar-refractivity contribution in [2.24, 2.45) is 0 Å². The Hall–Kier alpha value is -3.52. The van der Waals surface area contributed by atoms with Crippen LogP contribution in [-0.4, -0.2) is 28.5 Å². The maximum atomic E-state index is 12.4. The van der Waals surface area contributed by atoms with E-state index in [1.165, 1.54) is 6.07 Å². The molecule has 1 heterocycles. The van der Waals surface area contributed by atoms with Gasteiger partial charge in [0.15, 0.2) is 0 Å². The number of fused-ring (bicyclic) bond motifs is 1. The lowest BCUT2D eigenvalue weighted by molar-refractivity contribution is -0.384. The lowest BCUT2D eigenvalue weighted by atomic mass is 10.1. The van der Waals surface area contributed by atoms with Gasteiger partial charge in [0.1, 0.15) is 11.8 Å². The molecule has 29 heavy (non-hydrogen) atoms. The number of halogens is 1. The van der Waals surface area contributed by atoms with Gasteiger partial charge in [0.05, 0.1) is 28.2 Å². The Labute approximate surface area is 170 Å². The van der Waals surface area contributed by atoms with Crippen molar-refractivity contribution in [3.8, 4) is 0 Å². The number of carbonyl (C=O) groups excluding carboxylic acids is 2. The van der Waals surface area contributed by atoms with Gasteiger partial charge in [0.25, 0.3) is 5.69 Å². The summed E-state index contributed by atoms with van der Waals surface area (Å²) in [7, 11) is 0. The number of non-ortho nitro benzene ring substituents is 1. The zero-order valence-corrected chi connectivity index (χ0v) is 16.0. The Balaban J connectivity index is 1.84. The fourth-order valence-corrected chi connectivity index (χ4v) is 2.83. The minimum atomic E-state index is -0.844. The van der Waals surface area contributed by atoms with Crippen molar-refractivity contribution >= 4 is 40.1 Å². The second kappa shape index (κ2) is 8.66. The van der Waals surface area contributed by atoms with Crippen molar-refractivity contribution in [1.82, 2.24) is 4.98 Å². The number of esters is 2. The van der Waals surface area contributed by atoms with Crippen LogP contribution >= 0.6 is 11.6 Å². The smallest absolute Gasteiger partial charge is 0.338 e. The van der Waals surface area contributed by atoms with Gasteiger partial charge in [-0.25, -0.2) is 14.6 Å². The highest BCUT2D eigenvalue weighted by Gasteiger charge is 2.20. The standard InChI is InChI=1S/C20H15ClN2O6/c1-2-28-19(24)13-8-14(10-16(9-13)23(26)27)20(25)29-11-15-7-12-5-3-4-6-17(12)22-18(15)21/h3-10H,2,11H2,1H3. The number of hydrogen-bond donors (Lipinski definition) is 0. The van der Waals surface area contributed by atoms with E-state index in [4.69, 9.17) is 21.1 Å². The Kier molecular flexibility index (Phi) is 6.04. The first-order valence-corrected chi connectivity index (χ1v) is 8.94. The second-order valence-electron chi connectivity index (χ2n) is 5.95. The highest BCUT2D eigenvalue weighted by Crippen LogP contribution is 2.23. The molecule has 1 aromatic heterocycles. The van der Waals surface area contributed by atoms with Gasteiger partial charge in [-0.1, -0.05) is 29.8 Å². The van der Waals surface area contributed by atoms with Crippen LogP contribution in [0.15, 0.2) is 48.5 Å². The predicted octanol–water partition coefficient (Wildman–Crippen LogP) is 4.33. The molecule has 0 unspecified atom stereocenters. The first kappa shape index (κ1) is 20.2. The van der Waals surface area contributed by atoms with E-state index in [1.54, 1.807) is 19.1 Å². The Morgan fingerprint density at radius 3 is 2.38 bits per heavy atom. The van der Waals surface area contributed by atoms with Crippen LogP contribution in [0.25, 0.3) is 10.9 Å². The number of benzene rings is 2. The fraction of sp³-hybridized carbons (Fsp3) is 0.150. The van der Waals surface area contributed by atoms with Crippen molar-refractivity contribution < 1.29 is 24.0 Å². The summed E-state index contributed by atoms with van der Waals surface area (Å²) in [5.74, 6) is -1.62. The number of para-hydroxylation sites is 1. The van der Waals surface area contributed by atoms with Crippen LogP contribution in [0.4, 0.5) is 5.69 Å². The summed E-state index contributed by atoms with van der Waals surface area (Å²) < 4.78 is 10.1. The van der Waals surface area contributed by atoms with Crippen molar-refractivity contribution in [2.75, 3.05) is 6.61 Å². The van der Waals surface area contributed by atoms with Gasteiger partial charge < -0.3 is 9.47 Å². The summed E-state index contributed by atoms with van der Waals surface area (Å²) in [6.07, 6.45) is 0. The first-order chi connectivity index (χ1) is 13.9. The lowest BCUT2D eigenvalue weighted by Gasteiger charge is -2.09. The average Bonchev–Trinajstić information content (AvgIpc) is 2.71. The molecule has 0 aliphatic heterocycles. The van der Waals surface area contributed by atoms with Crippen LogP contribution in [0.1, 0.15) is 33.2 Å². The van der Waals surface area contributed by atoms with Gasteiger partial charge in [0.2, 0.25) is 0 Å². The van der Waals surface area contributed by atoms with Crippen LogP contribution < -0.4 is 0 Å². The molecule has 0 aliphatic carbocycles. The van der Waals surface area contributed by atoms with Gasteiger partial charge >= 0.3 is 11.9 Å². The van der Waals surface area contributed by atoms with Crippen LogP contribution in [0.5, 0.6) is 0 Å². The van der Waals surface area contributed by atoms with E-state index in [2.05, 4.69) is 4.98 Å². The van der Waals surface area contributed by atoms with Crippen LogP contribution in [0, 0.1) is 10.1 Å². The molecule has 0 N–H and O–H groups in total. The van der Waals surface area contributed by atoms with Crippen molar-refractivity contribution in [2.45, 2.75) is 13.5 Å². The molecule has 0 bridgehead atoms. The minimum Gasteiger partial charge on any atom is -0.462 e. The van der Waals surface area contributed by atoms with E-state index < -0.39 is 22.5 Å². The lowest BCUT2D eigenvalue weighted by Crippen LogP contribution is -2.10. The summed E-state index contributed by atoms with van der Waals surface area (Å²) in [5, 5.41) is 12.1. The number of rotatable bonds is 6. The predicted molar refractivity (Wildman–Crippen MR) is 105 cm³/mol. The Bertz CT molecular complexity index is 1120. The molecule has 0 amide bonds. The molecule has 2 aromatic carbocycles. The summed E-state index contributed by atoms with van der Waals surface area (Å²) in [6.45, 7) is 1.51. The van der Waals surface area contributed by atoms with E-state index >= 15 is 0 Å². The molecule has 0 aliphatic rings.